The third-order valence-corrected chi connectivity index (χ3v) is 1.54. The lowest BCUT2D eigenvalue weighted by atomic mass is 11.4. The van der Waals surface area contributed by atoms with E-state index < -0.39 is 0 Å². The van der Waals surface area contributed by atoms with Crippen LogP contribution < -0.4 is 4.72 Å². The van der Waals surface area contributed by atoms with Crippen LogP contribution in [-0.4, -0.2) is 3.84 Å². The monoisotopic (exact) mass is 216 g/mol. The molecule has 0 saturated carbocycles. The Morgan fingerprint density at radius 3 is 3.00 bits per heavy atom. The van der Waals surface area contributed by atoms with Gasteiger partial charge in [-0.25, -0.2) is 0 Å². The predicted molar refractivity (Wildman–Crippen MR) is 33.3 cm³/mol. The van der Waals surface area contributed by atoms with E-state index in [4.69, 9.17) is 0 Å². The average molecular weight is 216 g/mol. The highest BCUT2D eigenvalue weighted by Crippen LogP contribution is 2.07. The molecule has 1 rings (SSSR count). The van der Waals surface area contributed by atoms with E-state index in [-0.39, 0.29) is 0 Å². The fraction of sp³-hybridized carbons (Fsp3) is 0. The third-order valence-electron chi connectivity index (χ3n) is 0.281. The molecule has 34 valence electrons. The largest absolute Gasteiger partial charge is 0.297 e. The zero-order valence-corrected chi connectivity index (χ0v) is 5.62. The first-order chi connectivity index (χ1) is 2.89. The van der Waals surface area contributed by atoms with Crippen LogP contribution in [0.3, 0.4) is 0 Å². The van der Waals surface area contributed by atoms with E-state index in [0.717, 1.165) is 16.1 Å². The minimum Gasteiger partial charge on any atom is -0.297 e. The summed E-state index contributed by atoms with van der Waals surface area (Å²) in [5, 5.41) is 3.49. The standard InChI is InChI=1S/CHIN2OS/c2-1-3-5-6-4-1/h(H,3,4). The molecule has 1 heterocycles. The summed E-state index contributed by atoms with van der Waals surface area (Å²) in [4.78, 5) is 0. The number of halogens is 1. The van der Waals surface area contributed by atoms with Crippen molar-refractivity contribution in [2.45, 2.75) is 0 Å². The van der Waals surface area contributed by atoms with E-state index >= 15 is 0 Å². The van der Waals surface area contributed by atoms with Crippen LogP contribution in [-0.2, 0) is 4.28 Å². The summed E-state index contributed by atoms with van der Waals surface area (Å²) >= 11 is 3.15. The van der Waals surface area contributed by atoms with E-state index in [9.17, 15) is 0 Å². The van der Waals surface area contributed by atoms with Crippen LogP contribution >= 0.6 is 34.8 Å². The normalized spacial score (nSPS) is 18.5. The van der Waals surface area contributed by atoms with Crippen LogP contribution in [0.1, 0.15) is 0 Å². The van der Waals surface area contributed by atoms with Gasteiger partial charge in [0.2, 0.25) is 16.1 Å². The first-order valence-electron chi connectivity index (χ1n) is 1.22. The third kappa shape index (κ3) is 0.904. The predicted octanol–water partition coefficient (Wildman–Crippen LogP) is 0.875. The molecule has 0 spiro atoms. The Labute approximate surface area is 53.0 Å². The molecule has 0 fully saturated rings. The fourth-order valence-corrected chi connectivity index (χ4v) is 0.880. The molecule has 0 unspecified atom stereocenters. The highest BCUT2D eigenvalue weighted by molar-refractivity contribution is 14.1. The molecule has 0 radical (unpaired) electrons. The second-order valence-electron chi connectivity index (χ2n) is 0.642. The van der Waals surface area contributed by atoms with Crippen molar-refractivity contribution in [3.05, 3.63) is 0 Å². The first kappa shape index (κ1) is 4.51. The van der Waals surface area contributed by atoms with Crippen molar-refractivity contribution in [1.82, 2.24) is 4.72 Å². The second kappa shape index (κ2) is 1.87. The van der Waals surface area contributed by atoms with E-state index in [1.807, 2.05) is 22.6 Å². The maximum Gasteiger partial charge on any atom is 0.217 e. The smallest absolute Gasteiger partial charge is 0.217 e. The summed E-state index contributed by atoms with van der Waals surface area (Å²) in [5.74, 6) is 0. The zero-order chi connectivity index (χ0) is 4.41. The Balaban J connectivity index is 2.45. The number of hydrogen-bond acceptors (Lipinski definition) is 4. The van der Waals surface area contributed by atoms with Gasteiger partial charge >= 0.3 is 0 Å². The van der Waals surface area contributed by atoms with Gasteiger partial charge in [0.05, 0.1) is 0 Å². The van der Waals surface area contributed by atoms with Crippen LogP contribution in [0.15, 0.2) is 5.16 Å². The first-order valence-corrected chi connectivity index (χ1v) is 3.04. The Bertz CT molecular complexity index is 83.6. The molecule has 0 aromatic heterocycles. The molecule has 0 bridgehead atoms. The summed E-state index contributed by atoms with van der Waals surface area (Å²) in [6.45, 7) is 0. The number of nitrogens with zero attached hydrogens (tertiary/aromatic N) is 1. The minimum absolute atomic E-state index is 0.789. The molecule has 0 aromatic carbocycles. The van der Waals surface area contributed by atoms with Crippen molar-refractivity contribution in [3.8, 4) is 0 Å². The van der Waals surface area contributed by atoms with Crippen molar-refractivity contribution >= 4 is 38.7 Å². The Morgan fingerprint density at radius 1 is 2.00 bits per heavy atom. The summed E-state index contributed by atoms with van der Waals surface area (Å²) in [6.07, 6.45) is 0. The molecule has 1 aliphatic heterocycles. The molecule has 0 saturated heterocycles. The molecule has 5 heteroatoms. The molecule has 0 aromatic rings. The van der Waals surface area contributed by atoms with Crippen molar-refractivity contribution in [1.29, 1.82) is 0 Å². The van der Waals surface area contributed by atoms with E-state index in [0.29, 0.717) is 0 Å². The molecular formula is CHIN2OS. The maximum atomic E-state index is 4.44. The van der Waals surface area contributed by atoms with Gasteiger partial charge in [0.1, 0.15) is 0 Å². The lowest BCUT2D eigenvalue weighted by Gasteiger charge is -1.76. The van der Waals surface area contributed by atoms with Gasteiger partial charge < -0.3 is 0 Å². The van der Waals surface area contributed by atoms with Crippen LogP contribution in [0.5, 0.6) is 0 Å². The SMILES string of the molecule is IC1=NOSN1. The van der Waals surface area contributed by atoms with E-state index in [1.165, 1.54) is 0 Å². The van der Waals surface area contributed by atoms with E-state index in [2.05, 4.69) is 14.2 Å². The quantitative estimate of drug-likeness (QED) is 0.282. The summed E-state index contributed by atoms with van der Waals surface area (Å²) in [6, 6.07) is 0. The molecule has 0 atom stereocenters. The molecule has 6 heavy (non-hydrogen) atoms. The number of rotatable bonds is 0. The van der Waals surface area contributed by atoms with Gasteiger partial charge in [0.15, 0.2) is 0 Å². The minimum atomic E-state index is 0.789. The number of oxime groups is 1. The summed E-state index contributed by atoms with van der Waals surface area (Å²) < 4.78 is 7.98. The second-order valence-corrected chi connectivity index (χ2v) is 2.18. The van der Waals surface area contributed by atoms with Crippen molar-refractivity contribution < 1.29 is 4.28 Å². The molecule has 0 amide bonds. The Kier molecular flexibility index (Phi) is 1.41. The Hall–Kier alpha value is 0.350. The van der Waals surface area contributed by atoms with Gasteiger partial charge in [-0.15, -0.1) is 0 Å². The Morgan fingerprint density at radius 2 is 2.83 bits per heavy atom. The molecular weight excluding hydrogens is 215 g/mol. The fourth-order valence-electron chi connectivity index (χ4n) is 0.123. The number of amidine groups is 1. The topological polar surface area (TPSA) is 33.6 Å². The molecule has 1 N–H and O–H groups in total. The summed E-state index contributed by atoms with van der Waals surface area (Å²) in [7, 11) is 0. The van der Waals surface area contributed by atoms with Gasteiger partial charge in [0, 0.05) is 22.6 Å². The number of hydrogen-bond donors (Lipinski definition) is 1. The molecule has 1 aliphatic rings. The number of nitrogens with one attached hydrogen (secondary N) is 1. The zero-order valence-electron chi connectivity index (χ0n) is 2.64. The van der Waals surface area contributed by atoms with Gasteiger partial charge in [-0.2, -0.15) is 0 Å². The van der Waals surface area contributed by atoms with Gasteiger partial charge in [-0.1, -0.05) is 0 Å². The molecule has 0 aliphatic carbocycles. The highest BCUT2D eigenvalue weighted by Gasteiger charge is 1.99. The highest BCUT2D eigenvalue weighted by atomic mass is 127. The van der Waals surface area contributed by atoms with Crippen LogP contribution in [0, 0.1) is 0 Å². The lowest BCUT2D eigenvalue weighted by molar-refractivity contribution is 0.417. The van der Waals surface area contributed by atoms with Crippen LogP contribution in [0.2, 0.25) is 0 Å². The van der Waals surface area contributed by atoms with Gasteiger partial charge in [-0.3, -0.25) is 9.01 Å². The van der Waals surface area contributed by atoms with E-state index in [1.54, 1.807) is 0 Å². The van der Waals surface area contributed by atoms with Gasteiger partial charge in [-0.05, 0) is 5.16 Å². The summed E-state index contributed by atoms with van der Waals surface area (Å²) in [5.41, 5.74) is 0. The lowest BCUT2D eigenvalue weighted by Crippen LogP contribution is -1.98. The average Bonchev–Trinajstić information content (AvgIpc) is 1.86. The maximum absolute atomic E-state index is 4.44. The van der Waals surface area contributed by atoms with Crippen LogP contribution in [0.25, 0.3) is 0 Å². The van der Waals surface area contributed by atoms with Crippen LogP contribution in [0.4, 0.5) is 0 Å². The van der Waals surface area contributed by atoms with Crippen molar-refractivity contribution in [2.24, 2.45) is 5.16 Å². The molecule has 3 nitrogen and oxygen atoms in total. The van der Waals surface area contributed by atoms with Gasteiger partial charge in [0.25, 0.3) is 0 Å². The van der Waals surface area contributed by atoms with Crippen molar-refractivity contribution in [3.63, 3.8) is 0 Å². The van der Waals surface area contributed by atoms with Crippen molar-refractivity contribution in [2.75, 3.05) is 0 Å².